The molecule has 3 N–H and O–H groups in total. The summed E-state index contributed by atoms with van der Waals surface area (Å²) >= 11 is 0. The average Bonchev–Trinajstić information content (AvgIpc) is 2.56. The van der Waals surface area contributed by atoms with Gasteiger partial charge in [-0.15, -0.1) is 0 Å². The molecule has 1 unspecified atom stereocenters. The van der Waals surface area contributed by atoms with Gasteiger partial charge < -0.3 is 15.7 Å². The van der Waals surface area contributed by atoms with E-state index in [0.717, 1.165) is 35.2 Å². The van der Waals surface area contributed by atoms with Crippen LogP contribution in [0.5, 0.6) is 0 Å². The third-order valence-corrected chi connectivity index (χ3v) is 4.19. The molecule has 0 amide bonds. The van der Waals surface area contributed by atoms with Crippen molar-refractivity contribution in [3.63, 3.8) is 0 Å². The van der Waals surface area contributed by atoms with E-state index < -0.39 is 5.97 Å². The maximum absolute atomic E-state index is 11.1. The van der Waals surface area contributed by atoms with Crippen molar-refractivity contribution in [2.75, 3.05) is 10.6 Å². The molecule has 0 bridgehead atoms. The van der Waals surface area contributed by atoms with E-state index in [4.69, 9.17) is 13.0 Å². The molecule has 0 saturated carbocycles. The summed E-state index contributed by atoms with van der Waals surface area (Å²) in [5, 5.41) is 15.9. The van der Waals surface area contributed by atoms with Crippen molar-refractivity contribution in [1.29, 1.82) is 0 Å². The Labute approximate surface area is 151 Å². The zero-order valence-electron chi connectivity index (χ0n) is 14.9. The molecule has 2 rings (SSSR count). The van der Waals surface area contributed by atoms with E-state index in [2.05, 4.69) is 24.5 Å². The van der Waals surface area contributed by atoms with E-state index >= 15 is 0 Å². The Morgan fingerprint density at radius 3 is 2.60 bits per heavy atom. The normalized spacial score (nSPS) is 11.8. The topological polar surface area (TPSA) is 61.4 Å². The third kappa shape index (κ3) is 5.86. The Morgan fingerprint density at radius 2 is 1.92 bits per heavy atom. The van der Waals surface area contributed by atoms with Crippen LogP contribution in [0.2, 0.25) is 0 Å². The molecule has 4 nitrogen and oxygen atoms in total. The Balaban J connectivity index is 2.11. The van der Waals surface area contributed by atoms with E-state index in [-0.39, 0.29) is 12.5 Å². The lowest BCUT2D eigenvalue weighted by Gasteiger charge is -2.21. The Bertz CT molecular complexity index is 719. The van der Waals surface area contributed by atoms with Gasteiger partial charge in [0, 0.05) is 12.6 Å². The van der Waals surface area contributed by atoms with Gasteiger partial charge in [0.05, 0.1) is 17.8 Å². The molecule has 25 heavy (non-hydrogen) atoms. The monoisotopic (exact) mass is 336 g/mol. The fourth-order valence-corrected chi connectivity index (χ4v) is 2.84. The lowest BCUT2D eigenvalue weighted by Crippen LogP contribution is -2.23. The van der Waals surface area contributed by atoms with Crippen molar-refractivity contribution in [3.8, 4) is 0 Å². The quantitative estimate of drug-likeness (QED) is 0.614. The van der Waals surface area contributed by atoms with Gasteiger partial charge in [0.15, 0.2) is 0 Å². The molecular weight excluding hydrogens is 311 g/mol. The smallest absolute Gasteiger partial charge is 0.305 e. The summed E-state index contributed by atoms with van der Waals surface area (Å²) in [5.41, 5.74) is 4.95. The van der Waals surface area contributed by atoms with Gasteiger partial charge in [-0.3, -0.25) is 4.79 Å². The van der Waals surface area contributed by atoms with E-state index in [1.165, 1.54) is 5.56 Å². The maximum Gasteiger partial charge on any atom is 0.305 e. The predicted molar refractivity (Wildman–Crippen MR) is 105 cm³/mol. The van der Waals surface area contributed by atoms with Crippen molar-refractivity contribution in [2.24, 2.45) is 0 Å². The van der Waals surface area contributed by atoms with Crippen molar-refractivity contribution in [3.05, 3.63) is 53.6 Å². The Hall–Kier alpha value is -2.43. The molecule has 0 aromatic heterocycles. The van der Waals surface area contributed by atoms with Crippen LogP contribution in [0.1, 0.15) is 37.3 Å². The van der Waals surface area contributed by atoms with Gasteiger partial charge in [-0.2, -0.15) is 0 Å². The van der Waals surface area contributed by atoms with Crippen LogP contribution in [0.15, 0.2) is 42.5 Å². The minimum atomic E-state index is -0.785. The largest absolute Gasteiger partial charge is 0.481 e. The van der Waals surface area contributed by atoms with Gasteiger partial charge in [-0.25, -0.2) is 0 Å². The lowest BCUT2D eigenvalue weighted by molar-refractivity contribution is -0.137. The number of aliphatic carboxylic acids is 1. The highest BCUT2D eigenvalue weighted by molar-refractivity contribution is 6.32. The van der Waals surface area contributed by atoms with Gasteiger partial charge in [0.1, 0.15) is 7.85 Å². The molecule has 0 spiro atoms. The number of benzene rings is 2. The number of carbonyl (C=O) groups is 1. The summed E-state index contributed by atoms with van der Waals surface area (Å²) in [6.45, 7) is 4.78. The van der Waals surface area contributed by atoms with Gasteiger partial charge in [-0.1, -0.05) is 49.1 Å². The molecule has 0 saturated heterocycles. The number of rotatable bonds is 9. The van der Waals surface area contributed by atoms with Crippen LogP contribution in [-0.2, 0) is 11.3 Å². The van der Waals surface area contributed by atoms with Gasteiger partial charge in [0.25, 0.3) is 0 Å². The first-order valence-corrected chi connectivity index (χ1v) is 8.65. The van der Waals surface area contributed by atoms with Crippen LogP contribution in [0, 0.1) is 6.92 Å². The summed E-state index contributed by atoms with van der Waals surface area (Å²) in [4.78, 5) is 11.1. The van der Waals surface area contributed by atoms with Crippen molar-refractivity contribution in [1.82, 2.24) is 0 Å². The summed E-state index contributed by atoms with van der Waals surface area (Å²) in [6.07, 6.45) is 1.86. The number of anilines is 2. The van der Waals surface area contributed by atoms with E-state index in [1.54, 1.807) is 0 Å². The van der Waals surface area contributed by atoms with Crippen LogP contribution in [0.4, 0.5) is 11.4 Å². The summed E-state index contributed by atoms with van der Waals surface area (Å²) in [6, 6.07) is 13.7. The molecule has 0 aliphatic rings. The third-order valence-electron chi connectivity index (χ3n) is 4.19. The van der Waals surface area contributed by atoms with Gasteiger partial charge >= 0.3 is 5.97 Å². The zero-order valence-corrected chi connectivity index (χ0v) is 14.9. The fraction of sp³-hybridized carbons (Fsp3) is 0.350. The van der Waals surface area contributed by atoms with Crippen LogP contribution < -0.4 is 16.1 Å². The molecule has 0 aliphatic heterocycles. The molecule has 0 aliphatic carbocycles. The first kappa shape index (κ1) is 18.9. The highest BCUT2D eigenvalue weighted by Gasteiger charge is 2.13. The van der Waals surface area contributed by atoms with Crippen LogP contribution in [0.3, 0.4) is 0 Å². The fourth-order valence-electron chi connectivity index (χ4n) is 2.84. The lowest BCUT2D eigenvalue weighted by atomic mass is 9.92. The Morgan fingerprint density at radius 1 is 1.20 bits per heavy atom. The summed E-state index contributed by atoms with van der Waals surface area (Å²) in [5.74, 6) is -0.785. The predicted octanol–water partition coefficient (Wildman–Crippen LogP) is 3.46. The van der Waals surface area contributed by atoms with Crippen LogP contribution in [-0.4, -0.2) is 25.0 Å². The molecule has 0 heterocycles. The highest BCUT2D eigenvalue weighted by Crippen LogP contribution is 2.24. The average molecular weight is 336 g/mol. The van der Waals surface area contributed by atoms with E-state index in [0.29, 0.717) is 6.54 Å². The number of hydrogen-bond acceptors (Lipinski definition) is 3. The molecule has 0 fully saturated rings. The van der Waals surface area contributed by atoms with Gasteiger partial charge in [-0.05, 0) is 36.6 Å². The molecule has 5 heteroatoms. The van der Waals surface area contributed by atoms with E-state index in [9.17, 15) is 4.79 Å². The van der Waals surface area contributed by atoms with Crippen LogP contribution >= 0.6 is 0 Å². The first-order valence-electron chi connectivity index (χ1n) is 8.65. The number of nitrogens with one attached hydrogen (secondary N) is 2. The second-order valence-electron chi connectivity index (χ2n) is 6.31. The summed E-state index contributed by atoms with van der Waals surface area (Å²) in [7, 11) is 5.88. The molecule has 2 aromatic rings. The van der Waals surface area contributed by atoms with E-state index in [1.807, 2.05) is 42.5 Å². The SMILES string of the molecule is [B]c1ccc(C)c(CNc2ccccc2NC(CCC)CC(=O)O)c1. The molecule has 2 radical (unpaired) electrons. The first-order chi connectivity index (χ1) is 12.0. The highest BCUT2D eigenvalue weighted by atomic mass is 16.4. The van der Waals surface area contributed by atoms with Crippen molar-refractivity contribution in [2.45, 2.75) is 45.7 Å². The van der Waals surface area contributed by atoms with Crippen molar-refractivity contribution < 1.29 is 9.90 Å². The minimum Gasteiger partial charge on any atom is -0.481 e. The zero-order chi connectivity index (χ0) is 18.2. The number of hydrogen-bond donors (Lipinski definition) is 3. The number of carboxylic acid groups (broad SMARTS) is 1. The molecule has 2 aromatic carbocycles. The van der Waals surface area contributed by atoms with Crippen molar-refractivity contribution >= 4 is 30.7 Å². The summed E-state index contributed by atoms with van der Waals surface area (Å²) < 4.78 is 0. The minimum absolute atomic E-state index is 0.0837. The molecule has 130 valence electrons. The molecule has 1 atom stereocenters. The standard InChI is InChI=1S/C20H25BN2O2/c1-3-6-17(12-20(24)25)23-19-8-5-4-7-18(19)22-13-15-11-16(21)10-9-14(15)2/h4-5,7-11,17,22-23H,3,6,12-13H2,1-2H3,(H,24,25). The second-order valence-corrected chi connectivity index (χ2v) is 6.31. The van der Waals surface area contributed by atoms with Gasteiger partial charge in [0.2, 0.25) is 0 Å². The molecular formula is C20H25BN2O2. The Kier molecular flexibility index (Phi) is 6.93. The van der Waals surface area contributed by atoms with Crippen LogP contribution in [0.25, 0.3) is 0 Å². The second kappa shape index (κ2) is 9.16. The maximum atomic E-state index is 11.1. The number of aryl methyl sites for hydroxylation is 1. The number of para-hydroxylation sites is 2. The number of carboxylic acids is 1.